The van der Waals surface area contributed by atoms with Crippen LogP contribution >= 0.6 is 35.3 Å². The van der Waals surface area contributed by atoms with Crippen molar-refractivity contribution in [1.29, 1.82) is 0 Å². The van der Waals surface area contributed by atoms with Crippen molar-refractivity contribution < 1.29 is 9.53 Å². The van der Waals surface area contributed by atoms with E-state index in [4.69, 9.17) is 4.74 Å². The lowest BCUT2D eigenvalue weighted by atomic mass is 9.98. The fourth-order valence-electron chi connectivity index (χ4n) is 4.33. The van der Waals surface area contributed by atoms with Crippen LogP contribution in [0.1, 0.15) is 34.8 Å². The molecule has 1 aromatic carbocycles. The first kappa shape index (κ1) is 23.8. The Bertz CT molecular complexity index is 899. The van der Waals surface area contributed by atoms with Crippen LogP contribution < -0.4 is 10.1 Å². The van der Waals surface area contributed by atoms with Crippen LogP contribution in [0, 0.1) is 0 Å². The van der Waals surface area contributed by atoms with Gasteiger partial charge < -0.3 is 19.9 Å². The number of hydrogen-bond donors (Lipinski definition) is 1. The molecule has 2 aliphatic heterocycles. The number of aliphatic imine (C=N–C) groups is 1. The number of thiophene rings is 1. The molecule has 6 nitrogen and oxygen atoms in total. The largest absolute Gasteiger partial charge is 0.497 e. The van der Waals surface area contributed by atoms with E-state index in [2.05, 4.69) is 38.8 Å². The van der Waals surface area contributed by atoms with Crippen LogP contribution in [0.3, 0.4) is 0 Å². The Morgan fingerprint density at radius 3 is 2.77 bits per heavy atom. The van der Waals surface area contributed by atoms with E-state index >= 15 is 0 Å². The quantitative estimate of drug-likeness (QED) is 0.348. The molecular formula is C23H31IN4O2S. The third-order valence-corrected chi connectivity index (χ3v) is 7.09. The lowest BCUT2D eigenvalue weighted by molar-refractivity contribution is -0.131. The van der Waals surface area contributed by atoms with E-state index in [1.165, 1.54) is 16.0 Å². The van der Waals surface area contributed by atoms with Gasteiger partial charge in [-0.2, -0.15) is 0 Å². The molecule has 0 radical (unpaired) electrons. The first-order valence-electron chi connectivity index (χ1n) is 10.6. The molecule has 1 saturated heterocycles. The number of guanidine groups is 1. The Morgan fingerprint density at radius 1 is 1.23 bits per heavy atom. The van der Waals surface area contributed by atoms with Crippen LogP contribution in [0.5, 0.6) is 5.75 Å². The standard InChI is InChI=1S/C23H30N4O2S.HI/c1-24-23(27-12-8-18(15-27)17-3-5-20(29-2)6-4-17)25-11-7-22(28)26-13-9-21-19(16-26)10-14-30-21;/h3-6,10,14,18H,7-9,11-13,15-16H2,1-2H3,(H,24,25);1H. The van der Waals surface area contributed by atoms with Gasteiger partial charge in [-0.3, -0.25) is 9.79 Å². The number of benzene rings is 1. The van der Waals surface area contributed by atoms with Crippen molar-refractivity contribution in [2.45, 2.75) is 31.7 Å². The van der Waals surface area contributed by atoms with Crippen LogP contribution in [-0.4, -0.2) is 62.0 Å². The van der Waals surface area contributed by atoms with Crippen LogP contribution in [0.4, 0.5) is 0 Å². The fraction of sp³-hybridized carbons (Fsp3) is 0.478. The highest BCUT2D eigenvalue weighted by Crippen LogP contribution is 2.28. The van der Waals surface area contributed by atoms with Crippen molar-refractivity contribution in [3.63, 3.8) is 0 Å². The van der Waals surface area contributed by atoms with Crippen molar-refractivity contribution in [2.75, 3.05) is 40.3 Å². The minimum Gasteiger partial charge on any atom is -0.497 e. The lowest BCUT2D eigenvalue weighted by Gasteiger charge is -2.27. The van der Waals surface area contributed by atoms with Crippen LogP contribution in [0.2, 0.25) is 0 Å². The molecule has 8 heteroatoms. The summed E-state index contributed by atoms with van der Waals surface area (Å²) in [4.78, 5) is 22.8. The molecule has 2 aliphatic rings. The van der Waals surface area contributed by atoms with Crippen molar-refractivity contribution in [1.82, 2.24) is 15.1 Å². The predicted molar refractivity (Wildman–Crippen MR) is 137 cm³/mol. The topological polar surface area (TPSA) is 57.2 Å². The number of carbonyl (C=O) groups is 1. The summed E-state index contributed by atoms with van der Waals surface area (Å²) in [6.45, 7) is 4.10. The second-order valence-electron chi connectivity index (χ2n) is 7.86. The van der Waals surface area contributed by atoms with Gasteiger partial charge in [-0.15, -0.1) is 35.3 Å². The van der Waals surface area contributed by atoms with Gasteiger partial charge in [0.2, 0.25) is 5.91 Å². The van der Waals surface area contributed by atoms with Gasteiger partial charge in [-0.25, -0.2) is 0 Å². The van der Waals surface area contributed by atoms with Gasteiger partial charge in [-0.1, -0.05) is 12.1 Å². The fourth-order valence-corrected chi connectivity index (χ4v) is 5.22. The molecule has 3 heterocycles. The van der Waals surface area contributed by atoms with Gasteiger partial charge in [-0.05, 0) is 47.5 Å². The molecule has 1 fully saturated rings. The number of fused-ring (bicyclic) bond motifs is 1. The number of methoxy groups -OCH3 is 1. The van der Waals surface area contributed by atoms with E-state index in [9.17, 15) is 4.79 Å². The summed E-state index contributed by atoms with van der Waals surface area (Å²) >= 11 is 1.80. The summed E-state index contributed by atoms with van der Waals surface area (Å²) < 4.78 is 5.26. The molecule has 1 atom stereocenters. The molecular weight excluding hydrogens is 523 g/mol. The molecule has 0 aliphatic carbocycles. The van der Waals surface area contributed by atoms with Crippen molar-refractivity contribution in [3.8, 4) is 5.75 Å². The normalized spacial score (nSPS) is 18.4. The molecule has 0 spiro atoms. The molecule has 0 bridgehead atoms. The highest BCUT2D eigenvalue weighted by atomic mass is 127. The van der Waals surface area contributed by atoms with Gasteiger partial charge in [0, 0.05) is 57.0 Å². The SMILES string of the molecule is CN=C(NCCC(=O)N1CCc2sccc2C1)N1CCC(c2ccc(OC)cc2)C1.I. The summed E-state index contributed by atoms with van der Waals surface area (Å²) in [5.74, 6) is 2.48. The van der Waals surface area contributed by atoms with E-state index < -0.39 is 0 Å². The van der Waals surface area contributed by atoms with Crippen molar-refractivity contribution >= 4 is 47.2 Å². The number of rotatable bonds is 5. The third kappa shape index (κ3) is 5.71. The summed E-state index contributed by atoms with van der Waals surface area (Å²) in [6.07, 6.45) is 2.57. The maximum absolute atomic E-state index is 12.6. The van der Waals surface area contributed by atoms with Gasteiger partial charge in [0.25, 0.3) is 0 Å². The smallest absolute Gasteiger partial charge is 0.224 e. The van der Waals surface area contributed by atoms with Crippen LogP contribution in [0.15, 0.2) is 40.7 Å². The van der Waals surface area contributed by atoms with E-state index in [-0.39, 0.29) is 29.9 Å². The van der Waals surface area contributed by atoms with E-state index in [1.807, 2.05) is 24.1 Å². The predicted octanol–water partition coefficient (Wildman–Crippen LogP) is 3.71. The van der Waals surface area contributed by atoms with E-state index in [0.717, 1.165) is 50.7 Å². The molecule has 4 rings (SSSR count). The number of nitrogens with one attached hydrogen (secondary N) is 1. The molecule has 168 valence electrons. The molecule has 2 aromatic rings. The monoisotopic (exact) mass is 554 g/mol. The summed E-state index contributed by atoms with van der Waals surface area (Å²) in [5, 5.41) is 5.52. The molecule has 1 N–H and O–H groups in total. The second-order valence-corrected chi connectivity index (χ2v) is 8.86. The first-order valence-corrected chi connectivity index (χ1v) is 11.5. The Balaban J connectivity index is 0.00000272. The molecule has 1 amide bonds. The number of carbonyl (C=O) groups excluding carboxylic acids is 1. The van der Waals surface area contributed by atoms with Gasteiger partial charge in [0.15, 0.2) is 5.96 Å². The van der Waals surface area contributed by atoms with Gasteiger partial charge >= 0.3 is 0 Å². The number of ether oxygens (including phenoxy) is 1. The Kier molecular flexibility index (Phi) is 8.59. The zero-order valence-electron chi connectivity index (χ0n) is 18.2. The third-order valence-electron chi connectivity index (χ3n) is 6.07. The average Bonchev–Trinajstić information content (AvgIpc) is 3.46. The van der Waals surface area contributed by atoms with Crippen LogP contribution in [-0.2, 0) is 17.8 Å². The number of halogens is 1. The average molecular weight is 554 g/mol. The zero-order valence-corrected chi connectivity index (χ0v) is 21.3. The summed E-state index contributed by atoms with van der Waals surface area (Å²) in [6, 6.07) is 10.5. The molecule has 1 aromatic heterocycles. The van der Waals surface area contributed by atoms with Crippen LogP contribution in [0.25, 0.3) is 0 Å². The number of nitrogens with zero attached hydrogens (tertiary/aromatic N) is 3. The number of likely N-dealkylation sites (tertiary alicyclic amines) is 1. The summed E-state index contributed by atoms with van der Waals surface area (Å²) in [5.41, 5.74) is 2.65. The molecule has 0 saturated carbocycles. The Morgan fingerprint density at radius 2 is 2.03 bits per heavy atom. The Labute approximate surface area is 205 Å². The molecule has 31 heavy (non-hydrogen) atoms. The lowest BCUT2D eigenvalue weighted by Crippen LogP contribution is -2.42. The first-order chi connectivity index (χ1) is 14.7. The van der Waals surface area contributed by atoms with Crippen molar-refractivity contribution in [3.05, 3.63) is 51.7 Å². The highest BCUT2D eigenvalue weighted by Gasteiger charge is 2.26. The number of hydrogen-bond acceptors (Lipinski definition) is 4. The van der Waals surface area contributed by atoms with Gasteiger partial charge in [0.1, 0.15) is 5.75 Å². The maximum atomic E-state index is 12.6. The summed E-state index contributed by atoms with van der Waals surface area (Å²) in [7, 11) is 3.50. The minimum absolute atomic E-state index is 0. The Hall–Kier alpha value is -1.81. The number of amides is 1. The van der Waals surface area contributed by atoms with E-state index in [0.29, 0.717) is 18.9 Å². The van der Waals surface area contributed by atoms with E-state index in [1.54, 1.807) is 18.4 Å². The maximum Gasteiger partial charge on any atom is 0.224 e. The van der Waals surface area contributed by atoms with Gasteiger partial charge in [0.05, 0.1) is 7.11 Å². The molecule has 1 unspecified atom stereocenters. The highest BCUT2D eigenvalue weighted by molar-refractivity contribution is 14.0. The minimum atomic E-state index is 0. The van der Waals surface area contributed by atoms with Crippen molar-refractivity contribution in [2.24, 2.45) is 4.99 Å². The second kappa shape index (κ2) is 11.2. The zero-order chi connectivity index (χ0) is 20.9.